The summed E-state index contributed by atoms with van der Waals surface area (Å²) in [4.78, 5) is 0. The summed E-state index contributed by atoms with van der Waals surface area (Å²) in [5.41, 5.74) is 8.97. The number of nitrogens with two attached hydrogens (primary N) is 1. The molecule has 0 fully saturated rings. The van der Waals surface area contributed by atoms with E-state index >= 15 is 0 Å². The number of hydrogen-bond donors (Lipinski definition) is 2. The van der Waals surface area contributed by atoms with Gasteiger partial charge in [0.15, 0.2) is 0 Å². The predicted molar refractivity (Wildman–Crippen MR) is 27.3 cm³/mol. The van der Waals surface area contributed by atoms with Gasteiger partial charge in [0.05, 0.1) is 6.04 Å². The molecule has 0 rings (SSSR count). The van der Waals surface area contributed by atoms with Crippen LogP contribution >= 0.6 is 0 Å². The van der Waals surface area contributed by atoms with Gasteiger partial charge in [-0.15, -0.1) is 0 Å². The van der Waals surface area contributed by atoms with Crippen molar-refractivity contribution in [2.45, 2.75) is 19.2 Å². The Kier molecular flexibility index (Phi) is 2.91. The Bertz CT molecular complexity index is 47.0. The molecule has 0 aromatic heterocycles. The third-order valence-electron chi connectivity index (χ3n) is 0.889. The summed E-state index contributed by atoms with van der Waals surface area (Å²) in [5.74, 6) is 0. The molecule has 0 saturated heterocycles. The van der Waals surface area contributed by atoms with Crippen LogP contribution in [0.3, 0.4) is 0 Å². The third kappa shape index (κ3) is 2.56. The zero-order valence-electron chi connectivity index (χ0n) is 4.85. The third-order valence-corrected chi connectivity index (χ3v) is 0.889. The highest BCUT2D eigenvalue weighted by atomic mass is 16.5. The van der Waals surface area contributed by atoms with Crippen molar-refractivity contribution in [3.63, 3.8) is 0 Å². The molecular weight excluding hydrogens is 92.1 g/mol. The molecule has 7 heavy (non-hydrogen) atoms. The average molecular weight is 105 g/mol. The van der Waals surface area contributed by atoms with E-state index < -0.39 is 0 Å². The molecule has 1 unspecified atom stereocenters. The van der Waals surface area contributed by atoms with Crippen molar-refractivity contribution >= 4 is 0 Å². The summed E-state index contributed by atoms with van der Waals surface area (Å²) in [7, 11) is 1.60. The standard InChI is InChI=1S/C4H12N2O/c1-3(5)4(6)7-2/h3-4H,5-6H2,1-2H3/p+1/t3-,4?/m0/s1. The van der Waals surface area contributed by atoms with Crippen LogP contribution in [-0.2, 0) is 4.74 Å². The number of hydrogen-bond acceptors (Lipinski definition) is 2. The summed E-state index contributed by atoms with van der Waals surface area (Å²) in [6.45, 7) is 1.86. The molecule has 44 valence electrons. The minimum Gasteiger partial charge on any atom is -0.331 e. The maximum atomic E-state index is 5.36. The van der Waals surface area contributed by atoms with Gasteiger partial charge in [0.25, 0.3) is 0 Å². The first kappa shape index (κ1) is 6.88. The van der Waals surface area contributed by atoms with E-state index in [9.17, 15) is 0 Å². The van der Waals surface area contributed by atoms with Gasteiger partial charge < -0.3 is 16.2 Å². The van der Waals surface area contributed by atoms with Gasteiger partial charge in [-0.2, -0.15) is 0 Å². The van der Waals surface area contributed by atoms with Gasteiger partial charge in [-0.1, -0.05) is 0 Å². The second-order valence-corrected chi connectivity index (χ2v) is 1.63. The van der Waals surface area contributed by atoms with E-state index in [2.05, 4.69) is 5.73 Å². The van der Waals surface area contributed by atoms with Crippen LogP contribution in [0.25, 0.3) is 0 Å². The van der Waals surface area contributed by atoms with Gasteiger partial charge in [0, 0.05) is 7.11 Å². The molecule has 0 radical (unpaired) electrons. The molecule has 0 heterocycles. The van der Waals surface area contributed by atoms with Crippen molar-refractivity contribution in [1.82, 2.24) is 0 Å². The van der Waals surface area contributed by atoms with Crippen LogP contribution in [0, 0.1) is 0 Å². The zero-order valence-corrected chi connectivity index (χ0v) is 4.85. The minimum atomic E-state index is -0.0694. The maximum Gasteiger partial charge on any atom is 0.203 e. The quantitative estimate of drug-likeness (QED) is 0.422. The lowest BCUT2D eigenvalue weighted by molar-refractivity contribution is -0.490. The SMILES string of the molecule is COC([NH3+])[C@H](C)N. The summed E-state index contributed by atoms with van der Waals surface area (Å²) >= 11 is 0. The smallest absolute Gasteiger partial charge is 0.203 e. The molecule has 3 heteroatoms. The van der Waals surface area contributed by atoms with Gasteiger partial charge in [-0.3, -0.25) is 0 Å². The summed E-state index contributed by atoms with van der Waals surface area (Å²) < 4.78 is 4.78. The molecule has 0 spiro atoms. The van der Waals surface area contributed by atoms with E-state index in [-0.39, 0.29) is 12.3 Å². The van der Waals surface area contributed by atoms with Crippen molar-refractivity contribution < 1.29 is 10.5 Å². The predicted octanol–water partition coefficient (Wildman–Crippen LogP) is -1.45. The van der Waals surface area contributed by atoms with E-state index in [0.29, 0.717) is 0 Å². The van der Waals surface area contributed by atoms with E-state index in [1.807, 2.05) is 6.92 Å². The Morgan fingerprint density at radius 3 is 2.14 bits per heavy atom. The van der Waals surface area contributed by atoms with Gasteiger partial charge in [-0.05, 0) is 6.92 Å². The summed E-state index contributed by atoms with van der Waals surface area (Å²) in [6.07, 6.45) is -0.0694. The maximum absolute atomic E-state index is 5.36. The Balaban J connectivity index is 3.14. The Morgan fingerprint density at radius 2 is 2.14 bits per heavy atom. The summed E-state index contributed by atoms with van der Waals surface area (Å²) in [6, 6.07) is 0.0324. The lowest BCUT2D eigenvalue weighted by atomic mass is 10.3. The van der Waals surface area contributed by atoms with E-state index in [4.69, 9.17) is 10.5 Å². The monoisotopic (exact) mass is 105 g/mol. The highest BCUT2D eigenvalue weighted by molar-refractivity contribution is 4.51. The largest absolute Gasteiger partial charge is 0.331 e. The lowest BCUT2D eigenvalue weighted by Gasteiger charge is -2.07. The summed E-state index contributed by atoms with van der Waals surface area (Å²) in [5, 5.41) is 0. The van der Waals surface area contributed by atoms with Gasteiger partial charge in [0.2, 0.25) is 6.23 Å². The molecule has 3 nitrogen and oxygen atoms in total. The van der Waals surface area contributed by atoms with Gasteiger partial charge >= 0.3 is 0 Å². The molecule has 0 aromatic rings. The van der Waals surface area contributed by atoms with Crippen LogP contribution in [-0.4, -0.2) is 19.4 Å². The number of rotatable bonds is 2. The van der Waals surface area contributed by atoms with Crippen molar-refractivity contribution in [3.05, 3.63) is 0 Å². The van der Waals surface area contributed by atoms with Crippen molar-refractivity contribution in [2.24, 2.45) is 5.73 Å². The number of methoxy groups -OCH3 is 1. The first-order valence-corrected chi connectivity index (χ1v) is 2.30. The molecule has 0 aromatic carbocycles. The van der Waals surface area contributed by atoms with Crippen molar-refractivity contribution in [3.8, 4) is 0 Å². The van der Waals surface area contributed by atoms with Crippen LogP contribution in [0.2, 0.25) is 0 Å². The van der Waals surface area contributed by atoms with E-state index in [0.717, 1.165) is 0 Å². The molecular formula is C4H13N2O+. The molecule has 0 aliphatic carbocycles. The average Bonchev–Trinajstić information content (AvgIpc) is 1.65. The van der Waals surface area contributed by atoms with Crippen LogP contribution in [0.15, 0.2) is 0 Å². The zero-order chi connectivity index (χ0) is 5.86. The Hall–Kier alpha value is -0.120. The minimum absolute atomic E-state index is 0.0324. The van der Waals surface area contributed by atoms with Crippen LogP contribution in [0.5, 0.6) is 0 Å². The fraction of sp³-hybridized carbons (Fsp3) is 1.00. The number of quaternary nitrogens is 1. The first-order chi connectivity index (χ1) is 3.18. The highest BCUT2D eigenvalue weighted by Gasteiger charge is 2.07. The highest BCUT2D eigenvalue weighted by Crippen LogP contribution is 1.79. The second kappa shape index (κ2) is 2.96. The lowest BCUT2D eigenvalue weighted by Crippen LogP contribution is -2.68. The van der Waals surface area contributed by atoms with Gasteiger partial charge in [0.1, 0.15) is 0 Å². The molecule has 0 aliphatic rings. The van der Waals surface area contributed by atoms with E-state index in [1.54, 1.807) is 7.11 Å². The molecule has 0 aliphatic heterocycles. The topological polar surface area (TPSA) is 62.9 Å². The molecule has 0 saturated carbocycles. The van der Waals surface area contributed by atoms with Crippen LogP contribution < -0.4 is 11.5 Å². The fourth-order valence-corrected chi connectivity index (χ4v) is 0.215. The van der Waals surface area contributed by atoms with Crippen LogP contribution in [0.1, 0.15) is 6.92 Å². The molecule has 2 atom stereocenters. The van der Waals surface area contributed by atoms with Crippen molar-refractivity contribution in [1.29, 1.82) is 0 Å². The normalized spacial score (nSPS) is 18.9. The van der Waals surface area contributed by atoms with Crippen molar-refractivity contribution in [2.75, 3.05) is 7.11 Å². The van der Waals surface area contributed by atoms with Crippen LogP contribution in [0.4, 0.5) is 0 Å². The number of ether oxygens (including phenoxy) is 1. The Morgan fingerprint density at radius 1 is 1.71 bits per heavy atom. The first-order valence-electron chi connectivity index (χ1n) is 2.30. The van der Waals surface area contributed by atoms with Gasteiger partial charge in [-0.25, -0.2) is 0 Å². The Labute approximate surface area is 43.6 Å². The molecule has 0 bridgehead atoms. The molecule has 0 amide bonds. The molecule has 5 N–H and O–H groups in total. The second-order valence-electron chi connectivity index (χ2n) is 1.63. The van der Waals surface area contributed by atoms with E-state index in [1.165, 1.54) is 0 Å². The fourth-order valence-electron chi connectivity index (χ4n) is 0.215.